The van der Waals surface area contributed by atoms with Crippen molar-refractivity contribution in [3.05, 3.63) is 0 Å². The van der Waals surface area contributed by atoms with Crippen molar-refractivity contribution in [2.24, 2.45) is 11.3 Å². The van der Waals surface area contributed by atoms with Crippen LogP contribution in [0.2, 0.25) is 0 Å². The fourth-order valence-corrected chi connectivity index (χ4v) is 2.57. The van der Waals surface area contributed by atoms with Gasteiger partial charge in [-0.1, -0.05) is 34.1 Å². The zero-order valence-corrected chi connectivity index (χ0v) is 13.3. The molecule has 2 atom stereocenters. The van der Waals surface area contributed by atoms with Crippen LogP contribution in [-0.4, -0.2) is 37.1 Å². The Balaban J connectivity index is 2.11. The molecule has 0 aromatic carbocycles. The van der Waals surface area contributed by atoms with Gasteiger partial charge in [0, 0.05) is 12.6 Å². The van der Waals surface area contributed by atoms with Crippen molar-refractivity contribution in [1.82, 2.24) is 10.2 Å². The Morgan fingerprint density at radius 2 is 1.67 bits per heavy atom. The number of nitrogens with zero attached hydrogens (tertiary/aromatic N) is 1. The van der Waals surface area contributed by atoms with Gasteiger partial charge in [-0.15, -0.1) is 0 Å². The summed E-state index contributed by atoms with van der Waals surface area (Å²) in [4.78, 5) is 2.62. The highest BCUT2D eigenvalue weighted by Gasteiger charge is 2.19. The highest BCUT2D eigenvalue weighted by atomic mass is 15.1. The Hall–Kier alpha value is -0.0800. The molecule has 0 amide bonds. The van der Waals surface area contributed by atoms with Gasteiger partial charge in [0.15, 0.2) is 0 Å². The first-order valence-corrected chi connectivity index (χ1v) is 7.85. The van der Waals surface area contributed by atoms with Crippen LogP contribution in [0.3, 0.4) is 0 Å². The van der Waals surface area contributed by atoms with Crippen LogP contribution in [0.1, 0.15) is 60.3 Å². The van der Waals surface area contributed by atoms with Crippen LogP contribution < -0.4 is 5.32 Å². The molecule has 1 aliphatic rings. The molecule has 0 radical (unpaired) electrons. The highest BCUT2D eigenvalue weighted by molar-refractivity contribution is 4.74. The van der Waals surface area contributed by atoms with E-state index in [2.05, 4.69) is 44.8 Å². The Morgan fingerprint density at radius 1 is 1.06 bits per heavy atom. The number of piperidine rings is 1. The first kappa shape index (κ1) is 16.0. The van der Waals surface area contributed by atoms with Gasteiger partial charge in [0.2, 0.25) is 0 Å². The third-order valence-electron chi connectivity index (χ3n) is 4.53. The molecule has 108 valence electrons. The molecule has 0 aromatic heterocycles. The average molecular weight is 254 g/mol. The van der Waals surface area contributed by atoms with Gasteiger partial charge >= 0.3 is 0 Å². The number of hydrogen-bond acceptors (Lipinski definition) is 2. The fraction of sp³-hybridized carbons (Fsp3) is 1.00. The van der Waals surface area contributed by atoms with Crippen LogP contribution in [-0.2, 0) is 0 Å². The van der Waals surface area contributed by atoms with Crippen molar-refractivity contribution < 1.29 is 0 Å². The summed E-state index contributed by atoms with van der Waals surface area (Å²) in [6.45, 7) is 16.7. The molecule has 2 heteroatoms. The minimum atomic E-state index is 0.442. The summed E-state index contributed by atoms with van der Waals surface area (Å²) in [6.07, 6.45) is 5.51. The van der Waals surface area contributed by atoms with E-state index in [1.165, 1.54) is 45.3 Å². The van der Waals surface area contributed by atoms with Crippen LogP contribution in [0.5, 0.6) is 0 Å². The minimum Gasteiger partial charge on any atom is -0.313 e. The lowest BCUT2D eigenvalue weighted by Gasteiger charge is -2.30. The molecule has 1 rings (SSSR count). The lowest BCUT2D eigenvalue weighted by molar-refractivity contribution is 0.203. The molecular weight excluding hydrogens is 220 g/mol. The van der Waals surface area contributed by atoms with Crippen LogP contribution >= 0.6 is 0 Å². The predicted molar refractivity (Wildman–Crippen MR) is 81.0 cm³/mol. The van der Waals surface area contributed by atoms with Crippen molar-refractivity contribution in [1.29, 1.82) is 0 Å². The molecule has 0 bridgehead atoms. The fourth-order valence-electron chi connectivity index (χ4n) is 2.57. The second-order valence-corrected chi connectivity index (χ2v) is 7.27. The molecule has 2 nitrogen and oxygen atoms in total. The summed E-state index contributed by atoms with van der Waals surface area (Å²) in [6, 6.07) is 0.635. The van der Waals surface area contributed by atoms with Crippen molar-refractivity contribution in [2.45, 2.75) is 66.3 Å². The van der Waals surface area contributed by atoms with Gasteiger partial charge in [-0.2, -0.15) is 0 Å². The van der Waals surface area contributed by atoms with Gasteiger partial charge in [0.05, 0.1) is 0 Å². The van der Waals surface area contributed by atoms with E-state index >= 15 is 0 Å². The van der Waals surface area contributed by atoms with Crippen LogP contribution in [0, 0.1) is 11.3 Å². The maximum absolute atomic E-state index is 3.69. The monoisotopic (exact) mass is 254 g/mol. The Kier molecular flexibility index (Phi) is 6.65. The van der Waals surface area contributed by atoms with E-state index in [4.69, 9.17) is 0 Å². The molecule has 2 unspecified atom stereocenters. The summed E-state index contributed by atoms with van der Waals surface area (Å²) in [5, 5.41) is 3.69. The van der Waals surface area contributed by atoms with Crippen molar-refractivity contribution >= 4 is 0 Å². The molecule has 0 spiro atoms. The number of rotatable bonds is 6. The van der Waals surface area contributed by atoms with E-state index in [1.54, 1.807) is 0 Å². The third-order valence-corrected chi connectivity index (χ3v) is 4.53. The maximum atomic E-state index is 3.69. The van der Waals surface area contributed by atoms with E-state index in [1.807, 2.05) is 0 Å². The molecule has 1 N–H and O–H groups in total. The molecule has 0 aromatic rings. The first-order valence-electron chi connectivity index (χ1n) is 7.85. The zero-order chi connectivity index (χ0) is 13.6. The topological polar surface area (TPSA) is 15.3 Å². The van der Waals surface area contributed by atoms with Gasteiger partial charge in [-0.25, -0.2) is 0 Å². The van der Waals surface area contributed by atoms with Gasteiger partial charge in [-0.3, -0.25) is 0 Å². The molecule has 0 aliphatic carbocycles. The van der Waals surface area contributed by atoms with Crippen LogP contribution in [0.4, 0.5) is 0 Å². The summed E-state index contributed by atoms with van der Waals surface area (Å²) in [7, 11) is 0. The lowest BCUT2D eigenvalue weighted by Crippen LogP contribution is -2.42. The Bertz CT molecular complexity index is 214. The number of hydrogen-bond donors (Lipinski definition) is 1. The second-order valence-electron chi connectivity index (χ2n) is 7.27. The van der Waals surface area contributed by atoms with Gasteiger partial charge in [-0.05, 0) is 57.2 Å². The van der Waals surface area contributed by atoms with E-state index in [0.717, 1.165) is 12.5 Å². The normalized spacial score (nSPS) is 21.8. The Morgan fingerprint density at radius 3 is 2.22 bits per heavy atom. The highest BCUT2D eigenvalue weighted by Crippen LogP contribution is 2.27. The van der Waals surface area contributed by atoms with Crippen molar-refractivity contribution in [3.63, 3.8) is 0 Å². The van der Waals surface area contributed by atoms with E-state index in [9.17, 15) is 0 Å². The Labute approximate surface area is 115 Å². The standard InChI is InChI=1S/C16H34N2/c1-14(16(3,4)5)9-10-17-15(2)13-18-11-7-6-8-12-18/h14-15,17H,6-13H2,1-5H3. The first-order chi connectivity index (χ1) is 8.39. The maximum Gasteiger partial charge on any atom is 0.0166 e. The quantitative estimate of drug-likeness (QED) is 0.780. The molecule has 1 saturated heterocycles. The van der Waals surface area contributed by atoms with Crippen LogP contribution in [0.15, 0.2) is 0 Å². The van der Waals surface area contributed by atoms with Gasteiger partial charge in [0.25, 0.3) is 0 Å². The van der Waals surface area contributed by atoms with E-state index < -0.39 is 0 Å². The summed E-state index contributed by atoms with van der Waals surface area (Å²) >= 11 is 0. The number of nitrogens with one attached hydrogen (secondary N) is 1. The predicted octanol–water partition coefficient (Wildman–Crippen LogP) is 3.52. The average Bonchev–Trinajstić information content (AvgIpc) is 2.28. The molecular formula is C16H34N2. The summed E-state index contributed by atoms with van der Waals surface area (Å²) in [5.41, 5.74) is 0.442. The molecule has 0 saturated carbocycles. The minimum absolute atomic E-state index is 0.442. The molecule has 1 fully saturated rings. The van der Waals surface area contributed by atoms with Crippen molar-refractivity contribution in [3.8, 4) is 0 Å². The van der Waals surface area contributed by atoms with Crippen LogP contribution in [0.25, 0.3) is 0 Å². The summed E-state index contributed by atoms with van der Waals surface area (Å²) < 4.78 is 0. The molecule has 1 heterocycles. The van der Waals surface area contributed by atoms with Crippen molar-refractivity contribution in [2.75, 3.05) is 26.2 Å². The van der Waals surface area contributed by atoms with Gasteiger partial charge in [0.1, 0.15) is 0 Å². The number of likely N-dealkylation sites (tertiary alicyclic amines) is 1. The largest absolute Gasteiger partial charge is 0.313 e. The SMILES string of the molecule is CC(CN1CCCCC1)NCCC(C)C(C)(C)C. The zero-order valence-electron chi connectivity index (χ0n) is 13.3. The summed E-state index contributed by atoms with van der Waals surface area (Å²) in [5.74, 6) is 0.784. The van der Waals surface area contributed by atoms with E-state index in [-0.39, 0.29) is 0 Å². The lowest BCUT2D eigenvalue weighted by atomic mass is 9.80. The smallest absolute Gasteiger partial charge is 0.0166 e. The molecule has 1 aliphatic heterocycles. The second kappa shape index (κ2) is 7.49. The van der Waals surface area contributed by atoms with Gasteiger partial charge < -0.3 is 10.2 Å². The molecule has 18 heavy (non-hydrogen) atoms. The third kappa shape index (κ3) is 6.19. The van der Waals surface area contributed by atoms with E-state index in [0.29, 0.717) is 11.5 Å².